The number of nitrogens with zero attached hydrogens (tertiary/aromatic N) is 3. The first kappa shape index (κ1) is 17.4. The topological polar surface area (TPSA) is 26.8 Å². The molecule has 1 aromatic rings. The number of piperazine rings is 1. The number of likely N-dealkylation sites (N-methyl/N-ethyl adjacent to an activating group) is 1. The van der Waals surface area contributed by atoms with Gasteiger partial charge in [0.1, 0.15) is 0 Å². The lowest BCUT2D eigenvalue weighted by molar-refractivity contribution is -0.138. The number of carbonyl (C=O) groups excluding carboxylic acids is 1. The van der Waals surface area contributed by atoms with Crippen molar-refractivity contribution in [3.8, 4) is 0 Å². The average Bonchev–Trinajstić information content (AvgIpc) is 3.06. The van der Waals surface area contributed by atoms with E-state index < -0.39 is 0 Å². The molecule has 0 unspecified atom stereocenters. The SMILES string of the molecule is Cc1ccc([C@@H]2CCCN2C(=O)[C@@H](C)N2CCN(C)CC2)cc1C. The van der Waals surface area contributed by atoms with Crippen LogP contribution >= 0.6 is 0 Å². The number of benzene rings is 1. The number of aryl methyl sites for hydroxylation is 2. The first-order chi connectivity index (χ1) is 11.5. The van der Waals surface area contributed by atoms with Crippen molar-refractivity contribution in [1.29, 1.82) is 0 Å². The molecule has 0 spiro atoms. The molecule has 1 amide bonds. The largest absolute Gasteiger partial charge is 0.334 e. The van der Waals surface area contributed by atoms with Gasteiger partial charge in [-0.25, -0.2) is 0 Å². The first-order valence-electron chi connectivity index (χ1n) is 9.27. The molecule has 2 fully saturated rings. The Bertz CT molecular complexity index is 593. The zero-order valence-corrected chi connectivity index (χ0v) is 15.6. The Kier molecular flexibility index (Phi) is 5.26. The van der Waals surface area contributed by atoms with E-state index in [-0.39, 0.29) is 12.1 Å². The molecular weight excluding hydrogens is 298 g/mol. The molecule has 2 aliphatic rings. The minimum absolute atomic E-state index is 0.00848. The predicted molar refractivity (Wildman–Crippen MR) is 98.1 cm³/mol. The molecular formula is C20H31N3O. The van der Waals surface area contributed by atoms with Gasteiger partial charge in [-0.15, -0.1) is 0 Å². The van der Waals surface area contributed by atoms with Crippen LogP contribution < -0.4 is 0 Å². The Morgan fingerprint density at radius 1 is 1.08 bits per heavy atom. The van der Waals surface area contributed by atoms with E-state index >= 15 is 0 Å². The fourth-order valence-electron chi connectivity index (χ4n) is 3.95. The molecule has 0 aliphatic carbocycles. The first-order valence-corrected chi connectivity index (χ1v) is 9.27. The third-order valence-corrected chi connectivity index (χ3v) is 5.89. The van der Waals surface area contributed by atoms with E-state index in [0.29, 0.717) is 5.91 Å². The number of likely N-dealkylation sites (tertiary alicyclic amines) is 1. The Balaban J connectivity index is 1.72. The van der Waals surface area contributed by atoms with E-state index in [9.17, 15) is 4.79 Å². The van der Waals surface area contributed by atoms with Crippen molar-refractivity contribution in [2.24, 2.45) is 0 Å². The maximum absolute atomic E-state index is 13.1. The molecule has 0 radical (unpaired) electrons. The molecule has 4 heteroatoms. The molecule has 0 N–H and O–H groups in total. The summed E-state index contributed by atoms with van der Waals surface area (Å²) < 4.78 is 0. The maximum Gasteiger partial charge on any atom is 0.240 e. The molecule has 4 nitrogen and oxygen atoms in total. The molecule has 3 rings (SSSR count). The van der Waals surface area contributed by atoms with E-state index in [2.05, 4.69) is 60.7 Å². The van der Waals surface area contributed by atoms with Crippen LogP contribution in [-0.2, 0) is 4.79 Å². The minimum atomic E-state index is -0.00848. The summed E-state index contributed by atoms with van der Waals surface area (Å²) in [4.78, 5) is 19.9. The summed E-state index contributed by atoms with van der Waals surface area (Å²) >= 11 is 0. The highest BCUT2D eigenvalue weighted by atomic mass is 16.2. The van der Waals surface area contributed by atoms with E-state index in [1.165, 1.54) is 16.7 Å². The van der Waals surface area contributed by atoms with Gasteiger partial charge >= 0.3 is 0 Å². The molecule has 2 heterocycles. The van der Waals surface area contributed by atoms with E-state index in [1.807, 2.05) is 0 Å². The Morgan fingerprint density at radius 3 is 2.46 bits per heavy atom. The second-order valence-corrected chi connectivity index (χ2v) is 7.55. The Hall–Kier alpha value is -1.39. The highest BCUT2D eigenvalue weighted by Crippen LogP contribution is 2.33. The van der Waals surface area contributed by atoms with Crippen LogP contribution in [0.25, 0.3) is 0 Å². The molecule has 24 heavy (non-hydrogen) atoms. The van der Waals surface area contributed by atoms with E-state index in [4.69, 9.17) is 0 Å². The molecule has 0 saturated carbocycles. The molecule has 0 bridgehead atoms. The van der Waals surface area contributed by atoms with Gasteiger partial charge in [-0.1, -0.05) is 18.2 Å². The molecule has 2 aliphatic heterocycles. The van der Waals surface area contributed by atoms with Crippen LogP contribution in [0.3, 0.4) is 0 Å². The van der Waals surface area contributed by atoms with Crippen molar-refractivity contribution >= 4 is 5.91 Å². The van der Waals surface area contributed by atoms with Crippen molar-refractivity contribution < 1.29 is 4.79 Å². The normalized spacial score (nSPS) is 24.3. The summed E-state index contributed by atoms with van der Waals surface area (Å²) in [6, 6.07) is 6.92. The van der Waals surface area contributed by atoms with Gasteiger partial charge in [-0.3, -0.25) is 9.69 Å². The average molecular weight is 329 g/mol. The van der Waals surface area contributed by atoms with Crippen molar-refractivity contribution in [3.63, 3.8) is 0 Å². The van der Waals surface area contributed by atoms with Crippen molar-refractivity contribution in [1.82, 2.24) is 14.7 Å². The Labute approximate surface area is 146 Å². The van der Waals surface area contributed by atoms with Crippen LogP contribution in [0.4, 0.5) is 0 Å². The minimum Gasteiger partial charge on any atom is -0.334 e. The lowest BCUT2D eigenvalue weighted by Gasteiger charge is -2.38. The standard InChI is InChI=1S/C20H31N3O/c1-15-7-8-18(14-16(15)2)19-6-5-9-23(19)20(24)17(3)22-12-10-21(4)11-13-22/h7-8,14,17,19H,5-6,9-13H2,1-4H3/t17-,19+/m1/s1. The van der Waals surface area contributed by atoms with Gasteiger partial charge in [0, 0.05) is 32.7 Å². The highest BCUT2D eigenvalue weighted by Gasteiger charge is 2.35. The number of hydrogen-bond acceptors (Lipinski definition) is 3. The van der Waals surface area contributed by atoms with Crippen LogP contribution in [-0.4, -0.2) is 66.4 Å². The summed E-state index contributed by atoms with van der Waals surface area (Å²) in [7, 11) is 2.15. The van der Waals surface area contributed by atoms with Gasteiger partial charge in [0.2, 0.25) is 5.91 Å². The van der Waals surface area contributed by atoms with Crippen molar-refractivity contribution in [2.75, 3.05) is 39.8 Å². The summed E-state index contributed by atoms with van der Waals surface area (Å²) in [5.41, 5.74) is 3.94. The third-order valence-electron chi connectivity index (χ3n) is 5.89. The lowest BCUT2D eigenvalue weighted by Crippen LogP contribution is -2.53. The quantitative estimate of drug-likeness (QED) is 0.853. The van der Waals surface area contributed by atoms with E-state index in [0.717, 1.165) is 45.6 Å². The van der Waals surface area contributed by atoms with Crippen LogP contribution in [0.15, 0.2) is 18.2 Å². The molecule has 0 aromatic heterocycles. The summed E-state index contributed by atoms with van der Waals surface area (Å²) in [6.45, 7) is 11.4. The highest BCUT2D eigenvalue weighted by molar-refractivity contribution is 5.82. The summed E-state index contributed by atoms with van der Waals surface area (Å²) in [6.07, 6.45) is 2.20. The van der Waals surface area contributed by atoms with Gasteiger partial charge in [-0.05, 0) is 57.4 Å². The summed E-state index contributed by atoms with van der Waals surface area (Å²) in [5, 5.41) is 0. The number of carbonyl (C=O) groups is 1. The summed E-state index contributed by atoms with van der Waals surface area (Å²) in [5.74, 6) is 0.306. The monoisotopic (exact) mass is 329 g/mol. The fourth-order valence-corrected chi connectivity index (χ4v) is 3.95. The number of amides is 1. The maximum atomic E-state index is 13.1. The van der Waals surface area contributed by atoms with Crippen LogP contribution in [0, 0.1) is 13.8 Å². The van der Waals surface area contributed by atoms with Crippen LogP contribution in [0.2, 0.25) is 0 Å². The van der Waals surface area contributed by atoms with Gasteiger partial charge < -0.3 is 9.80 Å². The van der Waals surface area contributed by atoms with Gasteiger partial charge in [0.15, 0.2) is 0 Å². The van der Waals surface area contributed by atoms with E-state index in [1.54, 1.807) is 0 Å². The van der Waals surface area contributed by atoms with Gasteiger partial charge in [0.25, 0.3) is 0 Å². The second-order valence-electron chi connectivity index (χ2n) is 7.55. The number of hydrogen-bond donors (Lipinski definition) is 0. The lowest BCUT2D eigenvalue weighted by atomic mass is 9.99. The van der Waals surface area contributed by atoms with Crippen LogP contribution in [0.1, 0.15) is 42.5 Å². The van der Waals surface area contributed by atoms with Crippen LogP contribution in [0.5, 0.6) is 0 Å². The van der Waals surface area contributed by atoms with Gasteiger partial charge in [0.05, 0.1) is 12.1 Å². The predicted octanol–water partition coefficient (Wildman–Crippen LogP) is 2.60. The number of rotatable bonds is 3. The third kappa shape index (κ3) is 3.50. The zero-order chi connectivity index (χ0) is 17.3. The second kappa shape index (κ2) is 7.24. The molecule has 2 atom stereocenters. The molecule has 2 saturated heterocycles. The smallest absolute Gasteiger partial charge is 0.240 e. The van der Waals surface area contributed by atoms with Gasteiger partial charge in [-0.2, -0.15) is 0 Å². The Morgan fingerprint density at radius 2 is 1.79 bits per heavy atom. The van der Waals surface area contributed by atoms with Crippen molar-refractivity contribution in [2.45, 2.75) is 45.7 Å². The van der Waals surface area contributed by atoms with Crippen molar-refractivity contribution in [3.05, 3.63) is 34.9 Å². The molecule has 1 aromatic carbocycles. The molecule has 132 valence electrons. The zero-order valence-electron chi connectivity index (χ0n) is 15.6. The fraction of sp³-hybridized carbons (Fsp3) is 0.650.